The first kappa shape index (κ1) is 13.0. The average molecular weight is 293 g/mol. The first-order chi connectivity index (χ1) is 9.31. The predicted octanol–water partition coefficient (Wildman–Crippen LogP) is 3.87. The molecule has 0 amide bonds. The van der Waals surface area contributed by atoms with Crippen LogP contribution in [0.4, 0.5) is 5.69 Å². The van der Waals surface area contributed by atoms with E-state index < -0.39 is 0 Å². The van der Waals surface area contributed by atoms with Gasteiger partial charge in [-0.1, -0.05) is 17.7 Å². The van der Waals surface area contributed by atoms with Gasteiger partial charge in [-0.3, -0.25) is 4.90 Å². The minimum absolute atomic E-state index is 0.783. The summed E-state index contributed by atoms with van der Waals surface area (Å²) in [4.78, 5) is 4.08. The summed E-state index contributed by atoms with van der Waals surface area (Å²) in [6.07, 6.45) is 1.20. The molecule has 0 aliphatic carbocycles. The maximum absolute atomic E-state index is 5.97. The summed E-state index contributed by atoms with van der Waals surface area (Å²) in [5.41, 5.74) is 2.61. The van der Waals surface area contributed by atoms with Crippen molar-refractivity contribution in [1.29, 1.82) is 0 Å². The van der Waals surface area contributed by atoms with Gasteiger partial charge in [0.25, 0.3) is 0 Å². The van der Waals surface area contributed by atoms with Crippen molar-refractivity contribution >= 4 is 28.6 Å². The van der Waals surface area contributed by atoms with Gasteiger partial charge >= 0.3 is 0 Å². The molecule has 0 saturated heterocycles. The minimum atomic E-state index is 0.783. The summed E-state index contributed by atoms with van der Waals surface area (Å²) < 4.78 is 0. The molecule has 0 radical (unpaired) electrons. The van der Waals surface area contributed by atoms with Gasteiger partial charge in [0.15, 0.2) is 0 Å². The summed E-state index contributed by atoms with van der Waals surface area (Å²) in [7, 11) is 0. The lowest BCUT2D eigenvalue weighted by molar-refractivity contribution is 0.266. The van der Waals surface area contributed by atoms with Crippen molar-refractivity contribution in [3.05, 3.63) is 51.2 Å². The molecule has 1 aliphatic heterocycles. The number of nitrogens with one attached hydrogen (secondary N) is 1. The maximum Gasteiger partial charge on any atom is 0.0426 e. The Balaban J connectivity index is 1.49. The maximum atomic E-state index is 5.97. The van der Waals surface area contributed by atoms with E-state index in [1.807, 2.05) is 29.5 Å². The van der Waals surface area contributed by atoms with Crippen LogP contribution < -0.4 is 5.32 Å². The molecule has 4 heteroatoms. The molecule has 0 saturated carbocycles. The number of rotatable bonds is 4. The Hall–Kier alpha value is -1.03. The smallest absolute Gasteiger partial charge is 0.0426 e. The van der Waals surface area contributed by atoms with Crippen LogP contribution in [-0.2, 0) is 13.0 Å². The molecule has 0 spiro atoms. The zero-order valence-electron chi connectivity index (χ0n) is 10.7. The summed E-state index contributed by atoms with van der Waals surface area (Å²) in [6.45, 7) is 4.29. The van der Waals surface area contributed by atoms with Crippen LogP contribution in [0.3, 0.4) is 0 Å². The molecule has 1 aromatic heterocycles. The Labute approximate surface area is 123 Å². The zero-order valence-corrected chi connectivity index (χ0v) is 12.3. The molecular weight excluding hydrogens is 276 g/mol. The topological polar surface area (TPSA) is 15.3 Å². The van der Waals surface area contributed by atoms with Crippen LogP contribution in [0.2, 0.25) is 5.02 Å². The van der Waals surface area contributed by atoms with Crippen molar-refractivity contribution in [1.82, 2.24) is 4.90 Å². The number of fused-ring (bicyclic) bond motifs is 1. The lowest BCUT2D eigenvalue weighted by Gasteiger charge is -2.26. The molecule has 2 heterocycles. The number of hydrogen-bond donors (Lipinski definition) is 1. The lowest BCUT2D eigenvalue weighted by Crippen LogP contribution is -2.33. The third-order valence-electron chi connectivity index (χ3n) is 3.47. The van der Waals surface area contributed by atoms with E-state index in [4.69, 9.17) is 11.6 Å². The van der Waals surface area contributed by atoms with Gasteiger partial charge in [-0.05, 0) is 41.6 Å². The Morgan fingerprint density at radius 3 is 3.16 bits per heavy atom. The molecule has 0 atom stereocenters. The highest BCUT2D eigenvalue weighted by molar-refractivity contribution is 7.10. The van der Waals surface area contributed by atoms with E-state index in [0.29, 0.717) is 0 Å². The molecule has 2 nitrogen and oxygen atoms in total. The average Bonchev–Trinajstić information content (AvgIpc) is 2.86. The van der Waals surface area contributed by atoms with Crippen molar-refractivity contribution in [3.8, 4) is 0 Å². The van der Waals surface area contributed by atoms with Crippen LogP contribution in [0.1, 0.15) is 10.4 Å². The Morgan fingerprint density at radius 1 is 1.32 bits per heavy atom. The molecule has 0 bridgehead atoms. The lowest BCUT2D eigenvalue weighted by atomic mass is 10.1. The quantitative estimate of drug-likeness (QED) is 0.920. The largest absolute Gasteiger partial charge is 0.384 e. The van der Waals surface area contributed by atoms with E-state index in [1.165, 1.54) is 18.5 Å². The monoisotopic (exact) mass is 292 g/mol. The van der Waals surface area contributed by atoms with Crippen LogP contribution in [0.15, 0.2) is 35.7 Å². The third kappa shape index (κ3) is 3.30. The second-order valence-corrected chi connectivity index (χ2v) is 6.27. The van der Waals surface area contributed by atoms with Crippen molar-refractivity contribution in [2.75, 3.05) is 25.0 Å². The SMILES string of the molecule is Clc1cccc(NCCN2CCc3sccc3C2)c1. The van der Waals surface area contributed by atoms with Gasteiger partial charge in [0.2, 0.25) is 0 Å². The minimum Gasteiger partial charge on any atom is -0.384 e. The molecule has 1 aromatic carbocycles. The first-order valence-electron chi connectivity index (χ1n) is 6.58. The van der Waals surface area contributed by atoms with Gasteiger partial charge in [-0.2, -0.15) is 0 Å². The molecule has 1 N–H and O–H groups in total. The van der Waals surface area contributed by atoms with E-state index in [2.05, 4.69) is 27.7 Å². The normalized spacial score (nSPS) is 15.2. The fourth-order valence-electron chi connectivity index (χ4n) is 2.45. The molecule has 0 fully saturated rings. The van der Waals surface area contributed by atoms with Crippen molar-refractivity contribution < 1.29 is 0 Å². The highest BCUT2D eigenvalue weighted by Crippen LogP contribution is 2.23. The molecule has 19 heavy (non-hydrogen) atoms. The number of nitrogens with zero attached hydrogens (tertiary/aromatic N) is 1. The van der Waals surface area contributed by atoms with Gasteiger partial charge in [0.1, 0.15) is 0 Å². The van der Waals surface area contributed by atoms with Crippen molar-refractivity contribution in [2.45, 2.75) is 13.0 Å². The molecule has 3 rings (SSSR count). The van der Waals surface area contributed by atoms with E-state index in [0.717, 1.165) is 30.3 Å². The van der Waals surface area contributed by atoms with Crippen LogP contribution in [-0.4, -0.2) is 24.5 Å². The van der Waals surface area contributed by atoms with Gasteiger partial charge in [-0.25, -0.2) is 0 Å². The van der Waals surface area contributed by atoms with Gasteiger partial charge in [-0.15, -0.1) is 11.3 Å². The fraction of sp³-hybridized carbons (Fsp3) is 0.333. The van der Waals surface area contributed by atoms with Gasteiger partial charge in [0.05, 0.1) is 0 Å². The van der Waals surface area contributed by atoms with Gasteiger partial charge < -0.3 is 5.32 Å². The zero-order chi connectivity index (χ0) is 13.1. The standard InChI is InChI=1S/C15H17ClN2S/c16-13-2-1-3-14(10-13)17-6-8-18-7-4-15-12(11-18)5-9-19-15/h1-3,5,9-10,17H,4,6-8,11H2. The third-order valence-corrected chi connectivity index (χ3v) is 4.73. The van der Waals surface area contributed by atoms with Crippen LogP contribution >= 0.6 is 22.9 Å². The molecular formula is C15H17ClN2S. The number of benzene rings is 1. The van der Waals surface area contributed by atoms with E-state index in [1.54, 1.807) is 4.88 Å². The number of hydrogen-bond acceptors (Lipinski definition) is 3. The molecule has 2 aromatic rings. The number of anilines is 1. The molecule has 1 aliphatic rings. The van der Waals surface area contributed by atoms with E-state index in [-0.39, 0.29) is 0 Å². The number of thiophene rings is 1. The fourth-order valence-corrected chi connectivity index (χ4v) is 3.53. The second-order valence-electron chi connectivity index (χ2n) is 4.83. The van der Waals surface area contributed by atoms with E-state index >= 15 is 0 Å². The summed E-state index contributed by atoms with van der Waals surface area (Å²) in [6, 6.07) is 10.2. The van der Waals surface area contributed by atoms with Crippen LogP contribution in [0.5, 0.6) is 0 Å². The predicted molar refractivity (Wildman–Crippen MR) is 83.2 cm³/mol. The van der Waals surface area contributed by atoms with Crippen LogP contribution in [0, 0.1) is 0 Å². The van der Waals surface area contributed by atoms with Crippen molar-refractivity contribution in [2.24, 2.45) is 0 Å². The Morgan fingerprint density at radius 2 is 2.26 bits per heavy atom. The molecule has 100 valence electrons. The number of halogens is 1. The highest BCUT2D eigenvalue weighted by atomic mass is 35.5. The molecule has 0 unspecified atom stereocenters. The van der Waals surface area contributed by atoms with Crippen LogP contribution in [0.25, 0.3) is 0 Å². The Kier molecular flexibility index (Phi) is 4.06. The van der Waals surface area contributed by atoms with E-state index in [9.17, 15) is 0 Å². The first-order valence-corrected chi connectivity index (χ1v) is 7.84. The summed E-state index contributed by atoms with van der Waals surface area (Å²) in [5, 5.41) is 6.42. The van der Waals surface area contributed by atoms with Gasteiger partial charge in [0, 0.05) is 41.8 Å². The summed E-state index contributed by atoms with van der Waals surface area (Å²) >= 11 is 7.86. The second kappa shape index (κ2) is 5.95. The van der Waals surface area contributed by atoms with Crippen molar-refractivity contribution in [3.63, 3.8) is 0 Å². The summed E-state index contributed by atoms with van der Waals surface area (Å²) in [5.74, 6) is 0. The Bertz CT molecular complexity index is 553. The highest BCUT2D eigenvalue weighted by Gasteiger charge is 2.16.